The minimum atomic E-state index is -4.58. The molecule has 0 N–H and O–H groups in total. The van der Waals surface area contributed by atoms with Crippen molar-refractivity contribution < 1.29 is 17.6 Å². The van der Waals surface area contributed by atoms with Crippen LogP contribution in [-0.4, -0.2) is 0 Å². The van der Waals surface area contributed by atoms with Gasteiger partial charge < -0.3 is 4.85 Å². The van der Waals surface area contributed by atoms with Crippen LogP contribution in [-0.2, 0) is 6.18 Å². The van der Waals surface area contributed by atoms with Gasteiger partial charge in [0.05, 0.1) is 5.56 Å². The van der Waals surface area contributed by atoms with Crippen LogP contribution in [0.1, 0.15) is 24.1 Å². The molecular weight excluding hydrogens is 210 g/mol. The normalized spacial score (nSPS) is 13.3. The fourth-order valence-electron chi connectivity index (χ4n) is 1.09. The number of nitrogens with zero attached hydrogens (tertiary/aromatic N) is 1. The van der Waals surface area contributed by atoms with Crippen LogP contribution in [0.3, 0.4) is 0 Å². The number of rotatable bonds is 1. The lowest BCUT2D eigenvalue weighted by molar-refractivity contribution is -0.137. The standard InChI is InChI=1S/C10H7F4N/c1-6(15-2)7-3-8(10(12,13)14)5-9(11)4-7/h3-6H,1H3. The molecule has 0 saturated heterocycles. The quantitative estimate of drug-likeness (QED) is 0.497. The van der Waals surface area contributed by atoms with E-state index in [1.165, 1.54) is 6.92 Å². The van der Waals surface area contributed by atoms with E-state index >= 15 is 0 Å². The molecule has 1 rings (SSSR count). The molecule has 0 radical (unpaired) electrons. The molecule has 0 aromatic heterocycles. The highest BCUT2D eigenvalue weighted by Crippen LogP contribution is 2.32. The van der Waals surface area contributed by atoms with Crippen LogP contribution in [0.2, 0.25) is 0 Å². The molecule has 1 nitrogen and oxygen atoms in total. The van der Waals surface area contributed by atoms with Crippen LogP contribution in [0.5, 0.6) is 0 Å². The van der Waals surface area contributed by atoms with E-state index in [1.807, 2.05) is 0 Å². The number of hydrogen-bond acceptors (Lipinski definition) is 0. The third-order valence-corrected chi connectivity index (χ3v) is 1.92. The summed E-state index contributed by atoms with van der Waals surface area (Å²) in [4.78, 5) is 3.04. The molecule has 1 aromatic rings. The van der Waals surface area contributed by atoms with Crippen LogP contribution in [0.4, 0.5) is 17.6 Å². The molecular formula is C10H7F4N. The van der Waals surface area contributed by atoms with Gasteiger partial charge in [-0.15, -0.1) is 0 Å². The fourth-order valence-corrected chi connectivity index (χ4v) is 1.09. The Morgan fingerprint density at radius 3 is 2.33 bits per heavy atom. The highest BCUT2D eigenvalue weighted by atomic mass is 19.4. The number of hydrogen-bond donors (Lipinski definition) is 0. The second-order valence-corrected chi connectivity index (χ2v) is 3.08. The van der Waals surface area contributed by atoms with Crippen molar-refractivity contribution in [2.24, 2.45) is 0 Å². The molecule has 0 spiro atoms. The van der Waals surface area contributed by atoms with E-state index in [-0.39, 0.29) is 5.56 Å². The predicted octanol–water partition coefficient (Wildman–Crippen LogP) is 3.82. The Morgan fingerprint density at radius 2 is 1.87 bits per heavy atom. The van der Waals surface area contributed by atoms with Crippen molar-refractivity contribution in [1.29, 1.82) is 0 Å². The van der Waals surface area contributed by atoms with E-state index in [2.05, 4.69) is 4.85 Å². The molecule has 1 unspecified atom stereocenters. The smallest absolute Gasteiger partial charge is 0.309 e. The lowest BCUT2D eigenvalue weighted by Crippen LogP contribution is -2.06. The third kappa shape index (κ3) is 2.69. The topological polar surface area (TPSA) is 4.36 Å². The SMILES string of the molecule is [C-]#[N+]C(C)c1cc(F)cc(C(F)(F)F)c1. The highest BCUT2D eigenvalue weighted by molar-refractivity contribution is 5.29. The third-order valence-electron chi connectivity index (χ3n) is 1.92. The fraction of sp³-hybridized carbons (Fsp3) is 0.300. The Balaban J connectivity index is 3.24. The summed E-state index contributed by atoms with van der Waals surface area (Å²) in [5.41, 5.74) is -1.02. The van der Waals surface area contributed by atoms with E-state index < -0.39 is 23.6 Å². The Kier molecular flexibility index (Phi) is 2.98. The van der Waals surface area contributed by atoms with Gasteiger partial charge in [-0.1, -0.05) is 0 Å². The van der Waals surface area contributed by atoms with E-state index in [0.717, 1.165) is 12.1 Å². The van der Waals surface area contributed by atoms with Crippen LogP contribution in [0.15, 0.2) is 18.2 Å². The Hall–Kier alpha value is -1.57. The molecule has 0 aliphatic carbocycles. The molecule has 15 heavy (non-hydrogen) atoms. The van der Waals surface area contributed by atoms with Gasteiger partial charge in [0.2, 0.25) is 6.04 Å². The maximum absolute atomic E-state index is 12.9. The van der Waals surface area contributed by atoms with Gasteiger partial charge in [-0.05, 0) is 18.2 Å². The summed E-state index contributed by atoms with van der Waals surface area (Å²) in [7, 11) is 0. The lowest BCUT2D eigenvalue weighted by Gasteiger charge is -2.08. The van der Waals surface area contributed by atoms with Crippen molar-refractivity contribution in [1.82, 2.24) is 0 Å². The van der Waals surface area contributed by atoms with Crippen molar-refractivity contribution in [3.8, 4) is 0 Å². The van der Waals surface area contributed by atoms with Crippen LogP contribution < -0.4 is 0 Å². The van der Waals surface area contributed by atoms with Gasteiger partial charge in [-0.25, -0.2) is 11.0 Å². The van der Waals surface area contributed by atoms with Crippen LogP contribution in [0, 0.1) is 12.4 Å². The molecule has 0 saturated carbocycles. The Labute approximate surface area is 84.2 Å². The molecule has 0 aliphatic rings. The number of alkyl halides is 3. The van der Waals surface area contributed by atoms with Crippen molar-refractivity contribution in [2.45, 2.75) is 19.1 Å². The predicted molar refractivity (Wildman–Crippen MR) is 46.4 cm³/mol. The molecule has 0 fully saturated rings. The van der Waals surface area contributed by atoms with Gasteiger partial charge in [0.25, 0.3) is 0 Å². The zero-order valence-corrected chi connectivity index (χ0v) is 7.77. The molecule has 1 aromatic carbocycles. The first-order valence-corrected chi connectivity index (χ1v) is 4.09. The molecule has 5 heteroatoms. The van der Waals surface area contributed by atoms with Gasteiger partial charge in [0.15, 0.2) is 0 Å². The van der Waals surface area contributed by atoms with E-state index in [1.54, 1.807) is 0 Å². The van der Waals surface area contributed by atoms with Crippen molar-refractivity contribution in [2.75, 3.05) is 0 Å². The van der Waals surface area contributed by atoms with Crippen molar-refractivity contribution in [3.63, 3.8) is 0 Å². The van der Waals surface area contributed by atoms with E-state index in [9.17, 15) is 17.6 Å². The first kappa shape index (κ1) is 11.5. The molecule has 0 amide bonds. The largest absolute Gasteiger partial charge is 0.416 e. The monoisotopic (exact) mass is 217 g/mol. The summed E-state index contributed by atoms with van der Waals surface area (Å²) in [6, 6.07) is 1.38. The molecule has 1 atom stereocenters. The van der Waals surface area contributed by atoms with Crippen LogP contribution in [0.25, 0.3) is 4.85 Å². The van der Waals surface area contributed by atoms with Crippen LogP contribution >= 0.6 is 0 Å². The van der Waals surface area contributed by atoms with Gasteiger partial charge in [0.1, 0.15) is 5.82 Å². The van der Waals surface area contributed by atoms with Gasteiger partial charge in [-0.2, -0.15) is 13.2 Å². The maximum Gasteiger partial charge on any atom is 0.416 e. The summed E-state index contributed by atoms with van der Waals surface area (Å²) in [5.74, 6) is -0.977. The molecule has 0 heterocycles. The summed E-state index contributed by atoms with van der Waals surface area (Å²) in [6.45, 7) is 8.08. The first-order chi connectivity index (χ1) is 6.84. The van der Waals surface area contributed by atoms with E-state index in [0.29, 0.717) is 6.07 Å². The van der Waals surface area contributed by atoms with Crippen molar-refractivity contribution >= 4 is 0 Å². The summed E-state index contributed by atoms with van der Waals surface area (Å²) < 4.78 is 49.7. The number of halogens is 4. The zero-order chi connectivity index (χ0) is 11.6. The minimum Gasteiger partial charge on any atom is -0.309 e. The lowest BCUT2D eigenvalue weighted by atomic mass is 10.1. The summed E-state index contributed by atoms with van der Waals surface area (Å²) in [5, 5.41) is 0. The molecule has 0 bridgehead atoms. The van der Waals surface area contributed by atoms with Gasteiger partial charge in [0, 0.05) is 12.5 Å². The summed E-state index contributed by atoms with van der Waals surface area (Å²) in [6.07, 6.45) is -4.58. The average Bonchev–Trinajstić information content (AvgIpc) is 2.14. The van der Waals surface area contributed by atoms with Gasteiger partial charge in [-0.3, -0.25) is 0 Å². The second kappa shape index (κ2) is 3.89. The molecule has 80 valence electrons. The molecule has 0 aliphatic heterocycles. The number of benzene rings is 1. The summed E-state index contributed by atoms with van der Waals surface area (Å²) >= 11 is 0. The second-order valence-electron chi connectivity index (χ2n) is 3.08. The van der Waals surface area contributed by atoms with E-state index in [4.69, 9.17) is 6.57 Å². The first-order valence-electron chi connectivity index (χ1n) is 4.09. The zero-order valence-electron chi connectivity index (χ0n) is 7.77. The minimum absolute atomic E-state index is 0.0392. The van der Waals surface area contributed by atoms with Crippen molar-refractivity contribution in [3.05, 3.63) is 46.6 Å². The highest BCUT2D eigenvalue weighted by Gasteiger charge is 2.32. The Bertz CT molecular complexity index is 403. The van der Waals surface area contributed by atoms with Gasteiger partial charge >= 0.3 is 6.18 Å². The Morgan fingerprint density at radius 1 is 1.27 bits per heavy atom. The maximum atomic E-state index is 12.9. The average molecular weight is 217 g/mol.